The smallest absolute Gasteiger partial charge is 0.286 e. The highest BCUT2D eigenvalue weighted by atomic mass is 35.5. The Kier molecular flexibility index (Phi) is 9.64. The van der Waals surface area contributed by atoms with Crippen LogP contribution in [0.15, 0.2) is 71.0 Å². The van der Waals surface area contributed by atoms with Crippen LogP contribution >= 0.6 is 11.6 Å². The quantitative estimate of drug-likeness (QED) is 0.308. The van der Waals surface area contributed by atoms with Crippen molar-refractivity contribution in [2.45, 2.75) is 68.0 Å². The van der Waals surface area contributed by atoms with E-state index in [1.807, 2.05) is 12.1 Å². The third kappa shape index (κ3) is 6.49. The van der Waals surface area contributed by atoms with Crippen molar-refractivity contribution in [1.29, 1.82) is 0 Å². The van der Waals surface area contributed by atoms with E-state index in [2.05, 4.69) is 34.6 Å². The van der Waals surface area contributed by atoms with Gasteiger partial charge in [-0.1, -0.05) is 29.8 Å². The molecule has 1 spiro atoms. The van der Waals surface area contributed by atoms with Crippen LogP contribution < -0.4 is 14.8 Å². The fourth-order valence-corrected chi connectivity index (χ4v) is 8.18. The number of aryl methyl sites for hydroxylation is 1. The van der Waals surface area contributed by atoms with E-state index >= 15 is 0 Å². The number of benzene rings is 2. The van der Waals surface area contributed by atoms with Crippen LogP contribution in [0.4, 0.5) is 5.69 Å². The Labute approximate surface area is 266 Å². The third-order valence-electron chi connectivity index (χ3n) is 9.50. The maximum atomic E-state index is 13.8. The first kappa shape index (κ1) is 32.7. The van der Waals surface area contributed by atoms with Crippen molar-refractivity contribution in [3.63, 3.8) is 0 Å². The molecule has 0 saturated heterocycles. The second-order valence-corrected chi connectivity index (χ2v) is 15.0. The minimum atomic E-state index is -3.59. The Balaban J connectivity index is 1.55. The lowest BCUT2D eigenvalue weighted by Gasteiger charge is -2.46. The molecule has 44 heavy (non-hydrogen) atoms. The van der Waals surface area contributed by atoms with E-state index in [9.17, 15) is 9.00 Å². The minimum Gasteiger partial charge on any atom is -0.490 e. The molecule has 1 saturated carbocycles. The average molecular weight is 642 g/mol. The summed E-state index contributed by atoms with van der Waals surface area (Å²) in [5.74, 6) is 0.712. The molecule has 8 nitrogen and oxygen atoms in total. The lowest BCUT2D eigenvalue weighted by molar-refractivity contribution is -0.137. The minimum absolute atomic E-state index is 0.0199. The SMILES string of the molecule is C=CCOC(C)(C)C(=O)N=S(N)(=O)c1ccc2c(c1)N(C[C@H]1CC[C@@H]1[C@@H](C=C)OC)C[C@@]1(CCCc3cc(Cl)ccc31)CO2. The summed E-state index contributed by atoms with van der Waals surface area (Å²) < 4.78 is 35.7. The second-order valence-electron chi connectivity index (χ2n) is 12.7. The highest BCUT2D eigenvalue weighted by Gasteiger charge is 2.44. The van der Waals surface area contributed by atoms with Crippen LogP contribution in [-0.4, -0.2) is 55.2 Å². The highest BCUT2D eigenvalue weighted by Crippen LogP contribution is 2.47. The number of fused-ring (bicyclic) bond motifs is 3. The number of anilines is 1. The van der Waals surface area contributed by atoms with Gasteiger partial charge in [-0.05, 0) is 99.2 Å². The Hall–Kier alpha value is -2.69. The molecule has 1 heterocycles. The van der Waals surface area contributed by atoms with E-state index in [0.29, 0.717) is 30.7 Å². The first-order valence-electron chi connectivity index (χ1n) is 15.2. The van der Waals surface area contributed by atoms with E-state index in [4.69, 9.17) is 31.0 Å². The van der Waals surface area contributed by atoms with Crippen molar-refractivity contribution < 1.29 is 23.2 Å². The van der Waals surface area contributed by atoms with Gasteiger partial charge in [0.2, 0.25) is 0 Å². The van der Waals surface area contributed by atoms with Gasteiger partial charge < -0.3 is 19.1 Å². The fourth-order valence-electron chi connectivity index (χ4n) is 6.87. The number of carbonyl (C=O) groups is 1. The normalized spacial score (nSPS) is 24.9. The van der Waals surface area contributed by atoms with Gasteiger partial charge in [-0.2, -0.15) is 0 Å². The summed E-state index contributed by atoms with van der Waals surface area (Å²) in [5, 5.41) is 7.03. The van der Waals surface area contributed by atoms with Gasteiger partial charge in [0.05, 0.1) is 29.9 Å². The molecule has 2 N–H and O–H groups in total. The van der Waals surface area contributed by atoms with E-state index in [-0.39, 0.29) is 23.0 Å². The number of nitrogens with zero attached hydrogens (tertiary/aromatic N) is 2. The zero-order chi connectivity index (χ0) is 31.7. The Bertz CT molecular complexity index is 1550. The van der Waals surface area contributed by atoms with Gasteiger partial charge in [-0.25, -0.2) is 9.35 Å². The topological polar surface area (TPSA) is 103 Å². The zero-order valence-corrected chi connectivity index (χ0v) is 27.5. The molecule has 1 unspecified atom stereocenters. The summed E-state index contributed by atoms with van der Waals surface area (Å²) in [7, 11) is -1.86. The molecule has 5 rings (SSSR count). The number of hydrogen-bond acceptors (Lipinski definition) is 6. The lowest BCUT2D eigenvalue weighted by atomic mass is 9.68. The lowest BCUT2D eigenvalue weighted by Crippen LogP contribution is -2.49. The van der Waals surface area contributed by atoms with Gasteiger partial charge in [-0.3, -0.25) is 4.79 Å². The largest absolute Gasteiger partial charge is 0.490 e. The first-order valence-corrected chi connectivity index (χ1v) is 17.2. The second kappa shape index (κ2) is 13.0. The van der Waals surface area contributed by atoms with Crippen LogP contribution in [0.3, 0.4) is 0 Å². The predicted octanol–water partition coefficient (Wildman–Crippen LogP) is 6.25. The van der Waals surface area contributed by atoms with E-state index in [1.165, 1.54) is 11.1 Å². The number of hydrogen-bond donors (Lipinski definition) is 1. The maximum absolute atomic E-state index is 13.8. The summed E-state index contributed by atoms with van der Waals surface area (Å²) in [6.45, 7) is 12.9. The highest BCUT2D eigenvalue weighted by molar-refractivity contribution is 7.91. The number of rotatable bonds is 10. The Morgan fingerprint density at radius 3 is 2.77 bits per heavy atom. The van der Waals surface area contributed by atoms with Crippen molar-refractivity contribution in [3.8, 4) is 5.75 Å². The van der Waals surface area contributed by atoms with Gasteiger partial charge in [0.15, 0.2) is 0 Å². The molecule has 0 bridgehead atoms. The van der Waals surface area contributed by atoms with Crippen molar-refractivity contribution >= 4 is 33.1 Å². The number of ether oxygens (including phenoxy) is 3. The standard InChI is InChI=1S/C34H44ClN3O5S/c1-6-17-43-33(3,4)32(39)37-44(36,40)26-12-15-31-29(19-26)38(20-24-10-13-27(24)30(7-2)41-5)21-34(22-42-31)16-8-9-23-18-25(35)11-14-28(23)34/h6-7,11-12,14-15,18-19,24,27,30H,1-2,8-10,13,16-17,20-22H2,3-5H3,(H2,36,37,39,40)/t24-,27+,30-,34+,44?/m1/s1. The number of nitrogens with two attached hydrogens (primary N) is 1. The van der Waals surface area contributed by atoms with Crippen LogP contribution in [0, 0.1) is 11.8 Å². The van der Waals surface area contributed by atoms with Gasteiger partial charge in [-0.15, -0.1) is 17.5 Å². The van der Waals surface area contributed by atoms with Crippen LogP contribution in [0.2, 0.25) is 5.02 Å². The molecule has 0 aromatic heterocycles. The molecule has 0 radical (unpaired) electrons. The van der Waals surface area contributed by atoms with Crippen molar-refractivity contribution in [2.75, 3.05) is 38.3 Å². The van der Waals surface area contributed by atoms with Crippen molar-refractivity contribution in [2.24, 2.45) is 21.3 Å². The van der Waals surface area contributed by atoms with Gasteiger partial charge in [0.25, 0.3) is 5.91 Å². The summed E-state index contributed by atoms with van der Waals surface area (Å²) >= 11 is 6.41. The van der Waals surface area contributed by atoms with Crippen molar-refractivity contribution in [3.05, 3.63) is 77.9 Å². The summed E-state index contributed by atoms with van der Waals surface area (Å²) in [6, 6.07) is 11.4. The molecule has 1 aliphatic heterocycles. The van der Waals surface area contributed by atoms with Crippen LogP contribution in [-0.2, 0) is 36.0 Å². The first-order chi connectivity index (χ1) is 20.9. The van der Waals surface area contributed by atoms with E-state index in [1.54, 1.807) is 45.2 Å². The number of amides is 1. The van der Waals surface area contributed by atoms with Crippen LogP contribution in [0.1, 0.15) is 50.7 Å². The molecular weight excluding hydrogens is 598 g/mol. The number of carbonyl (C=O) groups excluding carboxylic acids is 1. The summed E-state index contributed by atoms with van der Waals surface area (Å²) in [4.78, 5) is 15.6. The molecule has 2 aromatic carbocycles. The average Bonchev–Trinajstić information content (AvgIpc) is 3.13. The fraction of sp³-hybridized carbons (Fsp3) is 0.500. The van der Waals surface area contributed by atoms with E-state index < -0.39 is 21.4 Å². The van der Waals surface area contributed by atoms with Crippen LogP contribution in [0.5, 0.6) is 5.75 Å². The Morgan fingerprint density at radius 2 is 2.09 bits per heavy atom. The summed E-state index contributed by atoms with van der Waals surface area (Å²) in [6.07, 6.45) is 8.53. The number of halogens is 1. The number of methoxy groups -OCH3 is 1. The molecular formula is C34H44ClN3O5S. The molecule has 1 fully saturated rings. The molecule has 2 aromatic rings. The van der Waals surface area contributed by atoms with Crippen LogP contribution in [0.25, 0.3) is 0 Å². The van der Waals surface area contributed by atoms with E-state index in [0.717, 1.165) is 49.4 Å². The summed E-state index contributed by atoms with van der Waals surface area (Å²) in [5.41, 5.74) is 1.76. The third-order valence-corrected chi connectivity index (χ3v) is 11.1. The molecule has 5 atom stereocenters. The molecule has 238 valence electrons. The van der Waals surface area contributed by atoms with Gasteiger partial charge in [0, 0.05) is 30.6 Å². The molecule has 2 aliphatic carbocycles. The van der Waals surface area contributed by atoms with Crippen molar-refractivity contribution in [1.82, 2.24) is 0 Å². The van der Waals surface area contributed by atoms with Gasteiger partial charge >= 0.3 is 0 Å². The molecule has 1 amide bonds. The maximum Gasteiger partial charge on any atom is 0.286 e. The predicted molar refractivity (Wildman–Crippen MR) is 176 cm³/mol. The monoisotopic (exact) mass is 641 g/mol. The molecule has 3 aliphatic rings. The Morgan fingerprint density at radius 1 is 1.30 bits per heavy atom. The zero-order valence-electron chi connectivity index (χ0n) is 25.9. The van der Waals surface area contributed by atoms with Gasteiger partial charge in [0.1, 0.15) is 21.3 Å². The molecule has 10 heteroatoms.